The number of halogens is 6. The standard InChI is InChI=1S/C16H24BrClF4/c17-15(19,20)12-6-2-1-5-11(9-10-12)13-7-3-4-8-14(13)16(18,21)22/h11-14H,1-10H2. The van der Waals surface area contributed by atoms with E-state index in [1.807, 2.05) is 0 Å². The molecular weight excluding hydrogens is 384 g/mol. The van der Waals surface area contributed by atoms with Crippen molar-refractivity contribution in [3.05, 3.63) is 0 Å². The van der Waals surface area contributed by atoms with Crippen LogP contribution in [0.2, 0.25) is 0 Å². The van der Waals surface area contributed by atoms with Crippen LogP contribution in [-0.2, 0) is 0 Å². The zero-order valence-electron chi connectivity index (χ0n) is 12.6. The Balaban J connectivity index is 2.05. The molecule has 2 fully saturated rings. The smallest absolute Gasteiger partial charge is 0.193 e. The van der Waals surface area contributed by atoms with E-state index in [1.54, 1.807) is 0 Å². The highest BCUT2D eigenvalue weighted by Crippen LogP contribution is 2.49. The third-order valence-corrected chi connectivity index (χ3v) is 6.50. The van der Waals surface area contributed by atoms with Crippen molar-refractivity contribution in [3.63, 3.8) is 0 Å². The molecule has 0 aliphatic heterocycles. The molecule has 4 atom stereocenters. The molecule has 0 nitrogen and oxygen atoms in total. The molecule has 0 N–H and O–H groups in total. The molecule has 2 rings (SSSR count). The minimum atomic E-state index is -3.17. The lowest BCUT2D eigenvalue weighted by atomic mass is 9.68. The van der Waals surface area contributed by atoms with Crippen molar-refractivity contribution in [2.24, 2.45) is 23.7 Å². The van der Waals surface area contributed by atoms with Gasteiger partial charge in [0.25, 0.3) is 0 Å². The van der Waals surface area contributed by atoms with Gasteiger partial charge in [0.05, 0.1) is 0 Å². The molecule has 0 bridgehead atoms. The zero-order chi connectivity index (χ0) is 16.4. The van der Waals surface area contributed by atoms with E-state index < -0.39 is 22.0 Å². The molecule has 130 valence electrons. The minimum Gasteiger partial charge on any atom is -0.193 e. The summed E-state index contributed by atoms with van der Waals surface area (Å²) in [6.45, 7) is 0. The van der Waals surface area contributed by atoms with Crippen LogP contribution in [-0.4, -0.2) is 10.2 Å². The normalized spacial score (nSPS) is 35.7. The third kappa shape index (κ3) is 4.99. The summed E-state index contributed by atoms with van der Waals surface area (Å²) in [6.07, 6.45) is 6.93. The molecular formula is C16H24BrClF4. The summed E-state index contributed by atoms with van der Waals surface area (Å²) in [5, 5.41) is -3.17. The summed E-state index contributed by atoms with van der Waals surface area (Å²) in [6, 6.07) is 0. The molecule has 4 unspecified atom stereocenters. The molecule has 22 heavy (non-hydrogen) atoms. The fourth-order valence-electron chi connectivity index (χ4n) is 4.39. The van der Waals surface area contributed by atoms with Gasteiger partial charge in [-0.15, -0.1) is 0 Å². The Hall–Kier alpha value is 0.490. The molecule has 6 heteroatoms. The number of hydrogen-bond acceptors (Lipinski definition) is 0. The monoisotopic (exact) mass is 406 g/mol. The summed E-state index contributed by atoms with van der Waals surface area (Å²) < 4.78 is 54.5. The van der Waals surface area contributed by atoms with E-state index in [0.29, 0.717) is 25.7 Å². The average Bonchev–Trinajstić information content (AvgIpc) is 2.36. The Morgan fingerprint density at radius 1 is 0.773 bits per heavy atom. The van der Waals surface area contributed by atoms with Crippen LogP contribution < -0.4 is 0 Å². The highest BCUT2D eigenvalue weighted by Gasteiger charge is 2.46. The maximum Gasteiger partial charge on any atom is 0.324 e. The molecule has 0 spiro atoms. The predicted octanol–water partition coefficient (Wildman–Crippen LogP) is 7.20. The van der Waals surface area contributed by atoms with Gasteiger partial charge in [0.2, 0.25) is 0 Å². The van der Waals surface area contributed by atoms with Crippen molar-refractivity contribution in [1.29, 1.82) is 0 Å². The topological polar surface area (TPSA) is 0 Å². The van der Waals surface area contributed by atoms with Gasteiger partial charge in [0, 0.05) is 11.8 Å². The number of rotatable bonds is 3. The summed E-state index contributed by atoms with van der Waals surface area (Å²) >= 11 is 7.82. The molecule has 0 radical (unpaired) electrons. The van der Waals surface area contributed by atoms with Crippen molar-refractivity contribution in [2.45, 2.75) is 74.4 Å². The second-order valence-electron chi connectivity index (χ2n) is 6.96. The molecule has 0 saturated heterocycles. The average molecular weight is 408 g/mol. The van der Waals surface area contributed by atoms with E-state index in [0.717, 1.165) is 38.5 Å². The number of hydrogen-bond donors (Lipinski definition) is 0. The van der Waals surface area contributed by atoms with Crippen molar-refractivity contribution < 1.29 is 17.6 Å². The summed E-state index contributed by atoms with van der Waals surface area (Å²) in [5.41, 5.74) is 0. The Labute approximate surface area is 143 Å². The summed E-state index contributed by atoms with van der Waals surface area (Å²) in [4.78, 5) is -2.85. The van der Waals surface area contributed by atoms with Gasteiger partial charge >= 0.3 is 10.2 Å². The van der Waals surface area contributed by atoms with Crippen LogP contribution in [0.3, 0.4) is 0 Å². The SMILES string of the molecule is FC(F)(Cl)C1CCCCC1C1CCCCC(C(F)(F)Br)CC1. The van der Waals surface area contributed by atoms with E-state index in [2.05, 4.69) is 15.9 Å². The lowest BCUT2D eigenvalue weighted by Crippen LogP contribution is -2.37. The highest BCUT2D eigenvalue weighted by atomic mass is 79.9. The Morgan fingerprint density at radius 2 is 1.36 bits per heavy atom. The Kier molecular flexibility index (Phi) is 6.49. The Morgan fingerprint density at radius 3 is 2.00 bits per heavy atom. The summed E-state index contributed by atoms with van der Waals surface area (Å²) in [5.74, 6) is -1.50. The number of alkyl halides is 6. The van der Waals surface area contributed by atoms with E-state index in [-0.39, 0.29) is 11.8 Å². The fourth-order valence-corrected chi connectivity index (χ4v) is 5.12. The van der Waals surface area contributed by atoms with Gasteiger partial charge in [-0.3, -0.25) is 0 Å². The maximum absolute atomic E-state index is 13.7. The van der Waals surface area contributed by atoms with Gasteiger partial charge < -0.3 is 0 Å². The van der Waals surface area contributed by atoms with Crippen molar-refractivity contribution in [3.8, 4) is 0 Å². The summed E-state index contributed by atoms with van der Waals surface area (Å²) in [7, 11) is 0. The predicted molar refractivity (Wildman–Crippen MR) is 84.8 cm³/mol. The van der Waals surface area contributed by atoms with Gasteiger partial charge in [-0.1, -0.05) is 32.1 Å². The maximum atomic E-state index is 13.7. The van der Waals surface area contributed by atoms with Crippen molar-refractivity contribution in [1.82, 2.24) is 0 Å². The third-order valence-electron chi connectivity index (χ3n) is 5.57. The van der Waals surface area contributed by atoms with Gasteiger partial charge in [0.1, 0.15) is 0 Å². The molecule has 2 saturated carbocycles. The van der Waals surface area contributed by atoms with Crippen LogP contribution >= 0.6 is 27.5 Å². The largest absolute Gasteiger partial charge is 0.324 e. The van der Waals surface area contributed by atoms with Crippen molar-refractivity contribution >= 4 is 27.5 Å². The molecule has 2 aliphatic carbocycles. The van der Waals surface area contributed by atoms with E-state index in [9.17, 15) is 17.6 Å². The van der Waals surface area contributed by atoms with E-state index in [4.69, 9.17) is 11.6 Å². The van der Waals surface area contributed by atoms with Gasteiger partial charge in [-0.25, -0.2) is 0 Å². The van der Waals surface area contributed by atoms with Crippen LogP contribution in [0.15, 0.2) is 0 Å². The quantitative estimate of drug-likeness (QED) is 0.343. The first-order valence-corrected chi connectivity index (χ1v) is 9.50. The van der Waals surface area contributed by atoms with Gasteiger partial charge in [-0.2, -0.15) is 17.6 Å². The Bertz CT molecular complexity index is 353. The first kappa shape index (κ1) is 18.8. The first-order valence-electron chi connectivity index (χ1n) is 8.33. The molecule has 0 aromatic heterocycles. The minimum absolute atomic E-state index is 0.104. The van der Waals surface area contributed by atoms with Crippen LogP contribution in [0.1, 0.15) is 64.2 Å². The second-order valence-corrected chi connectivity index (χ2v) is 8.52. The lowest BCUT2D eigenvalue weighted by molar-refractivity contribution is -0.0428. The first-order chi connectivity index (χ1) is 10.2. The van der Waals surface area contributed by atoms with E-state index in [1.165, 1.54) is 0 Å². The molecule has 0 heterocycles. The van der Waals surface area contributed by atoms with Crippen LogP contribution in [0.4, 0.5) is 17.6 Å². The second kappa shape index (κ2) is 7.58. The van der Waals surface area contributed by atoms with E-state index >= 15 is 0 Å². The van der Waals surface area contributed by atoms with Crippen molar-refractivity contribution in [2.75, 3.05) is 0 Å². The lowest BCUT2D eigenvalue weighted by Gasteiger charge is -2.40. The molecule has 0 aromatic rings. The highest BCUT2D eigenvalue weighted by molar-refractivity contribution is 9.10. The molecule has 0 amide bonds. The molecule has 0 aromatic carbocycles. The molecule has 2 aliphatic rings. The van der Waals surface area contributed by atoms with Crippen LogP contribution in [0, 0.1) is 23.7 Å². The van der Waals surface area contributed by atoms with Gasteiger partial charge in [0.15, 0.2) is 0 Å². The van der Waals surface area contributed by atoms with Gasteiger partial charge in [-0.05, 0) is 71.5 Å². The van der Waals surface area contributed by atoms with Crippen LogP contribution in [0.25, 0.3) is 0 Å². The fraction of sp³-hybridized carbons (Fsp3) is 1.00. The van der Waals surface area contributed by atoms with Crippen LogP contribution in [0.5, 0.6) is 0 Å². The zero-order valence-corrected chi connectivity index (χ0v) is 15.0.